The lowest BCUT2D eigenvalue weighted by molar-refractivity contribution is 0.145. The van der Waals surface area contributed by atoms with E-state index in [9.17, 15) is 0 Å². The van der Waals surface area contributed by atoms with E-state index in [-0.39, 0.29) is 12.3 Å². The van der Waals surface area contributed by atoms with Crippen molar-refractivity contribution in [1.29, 1.82) is 0 Å². The van der Waals surface area contributed by atoms with Gasteiger partial charge in [-0.15, -0.1) is 0 Å². The van der Waals surface area contributed by atoms with Crippen LogP contribution in [0.1, 0.15) is 43.2 Å². The minimum atomic E-state index is 0.272. The lowest BCUT2D eigenvalue weighted by Crippen LogP contribution is -2.47. The van der Waals surface area contributed by atoms with E-state index in [0.29, 0.717) is 0 Å². The van der Waals surface area contributed by atoms with Crippen LogP contribution in [0.3, 0.4) is 0 Å². The first-order chi connectivity index (χ1) is 10.4. The molecule has 0 amide bonds. The van der Waals surface area contributed by atoms with Crippen molar-refractivity contribution in [3.05, 3.63) is 59.7 Å². The van der Waals surface area contributed by atoms with E-state index in [1.807, 2.05) is 0 Å². The highest BCUT2D eigenvalue weighted by atomic mass is 15.4. The zero-order chi connectivity index (χ0) is 14.2. The predicted octanol–water partition coefficient (Wildman–Crippen LogP) is 4.34. The molecule has 0 spiro atoms. The van der Waals surface area contributed by atoms with E-state index in [1.54, 1.807) is 0 Å². The smallest absolute Gasteiger partial charge is 0.110 e. The van der Waals surface area contributed by atoms with Gasteiger partial charge in [0.25, 0.3) is 0 Å². The second-order valence-corrected chi connectivity index (χ2v) is 5.86. The Morgan fingerprint density at radius 1 is 0.857 bits per heavy atom. The molecule has 2 bridgehead atoms. The molecule has 2 aliphatic rings. The van der Waals surface area contributed by atoms with Gasteiger partial charge in [0.15, 0.2) is 0 Å². The highest BCUT2D eigenvalue weighted by molar-refractivity contribution is 5.65. The Hall–Kier alpha value is -2.00. The number of unbranched alkanes of at least 4 members (excludes halogenated alkanes) is 1. The highest BCUT2D eigenvalue weighted by Crippen LogP contribution is 2.46. The van der Waals surface area contributed by atoms with E-state index in [0.717, 1.165) is 6.54 Å². The number of anilines is 2. The summed E-state index contributed by atoms with van der Waals surface area (Å²) in [6.07, 6.45) is 2.99. The summed E-state index contributed by atoms with van der Waals surface area (Å²) >= 11 is 0. The second kappa shape index (κ2) is 5.08. The quantitative estimate of drug-likeness (QED) is 0.875. The van der Waals surface area contributed by atoms with Crippen LogP contribution in [0.15, 0.2) is 48.5 Å². The van der Waals surface area contributed by atoms with Gasteiger partial charge in [0, 0.05) is 29.0 Å². The molecule has 2 N–H and O–H groups in total. The lowest BCUT2D eigenvalue weighted by Gasteiger charge is -2.49. The summed E-state index contributed by atoms with van der Waals surface area (Å²) in [6.45, 7) is 3.36. The summed E-state index contributed by atoms with van der Waals surface area (Å²) in [6, 6.07) is 17.3. The van der Waals surface area contributed by atoms with Gasteiger partial charge in [-0.2, -0.15) is 0 Å². The maximum Gasteiger partial charge on any atom is 0.110 e. The summed E-state index contributed by atoms with van der Waals surface area (Å²) in [7, 11) is 0. The van der Waals surface area contributed by atoms with Gasteiger partial charge in [-0.1, -0.05) is 49.7 Å². The third-order valence-corrected chi connectivity index (χ3v) is 4.53. The van der Waals surface area contributed by atoms with Crippen LogP contribution in [0.2, 0.25) is 0 Å². The monoisotopic (exact) mass is 279 g/mol. The molecule has 2 aromatic carbocycles. The molecule has 2 atom stereocenters. The van der Waals surface area contributed by atoms with Crippen molar-refractivity contribution >= 4 is 11.4 Å². The van der Waals surface area contributed by atoms with Crippen LogP contribution >= 0.6 is 0 Å². The first kappa shape index (κ1) is 12.7. The number of rotatable bonds is 3. The van der Waals surface area contributed by atoms with Crippen molar-refractivity contribution in [2.75, 3.05) is 17.2 Å². The predicted molar refractivity (Wildman–Crippen MR) is 87.2 cm³/mol. The number of nitrogens with zero attached hydrogens (tertiary/aromatic N) is 1. The first-order valence-electron chi connectivity index (χ1n) is 7.85. The normalized spacial score (nSPS) is 22.7. The Morgan fingerprint density at radius 2 is 1.38 bits per heavy atom. The third-order valence-electron chi connectivity index (χ3n) is 4.53. The molecule has 2 aromatic rings. The van der Waals surface area contributed by atoms with Crippen LogP contribution in [-0.4, -0.2) is 11.4 Å². The summed E-state index contributed by atoms with van der Waals surface area (Å²) in [4.78, 5) is 2.55. The second-order valence-electron chi connectivity index (χ2n) is 5.86. The highest BCUT2D eigenvalue weighted by Gasteiger charge is 2.39. The minimum absolute atomic E-state index is 0.272. The van der Waals surface area contributed by atoms with Gasteiger partial charge in [-0.05, 0) is 18.6 Å². The number of hydrogen-bond acceptors (Lipinski definition) is 3. The maximum absolute atomic E-state index is 3.73. The molecule has 0 saturated carbocycles. The fourth-order valence-electron chi connectivity index (χ4n) is 3.45. The molecule has 0 saturated heterocycles. The molecule has 2 heterocycles. The van der Waals surface area contributed by atoms with Gasteiger partial charge in [0.1, 0.15) is 12.3 Å². The minimum Gasteiger partial charge on any atom is -0.365 e. The summed E-state index contributed by atoms with van der Waals surface area (Å²) < 4.78 is 0. The van der Waals surface area contributed by atoms with Crippen molar-refractivity contribution in [3.8, 4) is 0 Å². The number of nitrogens with one attached hydrogen (secondary N) is 2. The fraction of sp³-hybridized carbons (Fsp3) is 0.333. The first-order valence-corrected chi connectivity index (χ1v) is 7.85. The van der Waals surface area contributed by atoms with Crippen molar-refractivity contribution in [3.63, 3.8) is 0 Å². The van der Waals surface area contributed by atoms with Crippen molar-refractivity contribution < 1.29 is 0 Å². The maximum atomic E-state index is 3.73. The SMILES string of the molecule is CCCCN1[C@H]2Nc3ccccc3[C@@H]1Nc1ccccc12. The van der Waals surface area contributed by atoms with Crippen LogP contribution < -0.4 is 10.6 Å². The van der Waals surface area contributed by atoms with E-state index in [4.69, 9.17) is 0 Å². The van der Waals surface area contributed by atoms with E-state index in [2.05, 4.69) is 71.0 Å². The topological polar surface area (TPSA) is 27.3 Å². The number of para-hydroxylation sites is 2. The Morgan fingerprint density at radius 3 is 1.90 bits per heavy atom. The van der Waals surface area contributed by atoms with Gasteiger partial charge in [0.2, 0.25) is 0 Å². The lowest BCUT2D eigenvalue weighted by atomic mass is 9.96. The molecule has 0 aliphatic carbocycles. The van der Waals surface area contributed by atoms with Crippen LogP contribution in [0, 0.1) is 0 Å². The Balaban J connectivity index is 1.80. The molecule has 3 heteroatoms. The van der Waals surface area contributed by atoms with Gasteiger partial charge in [0.05, 0.1) is 0 Å². The van der Waals surface area contributed by atoms with Gasteiger partial charge in [-0.3, -0.25) is 4.90 Å². The van der Waals surface area contributed by atoms with Crippen molar-refractivity contribution in [2.24, 2.45) is 0 Å². The Bertz CT molecular complexity index is 599. The summed E-state index contributed by atoms with van der Waals surface area (Å²) in [5.74, 6) is 0. The standard InChI is InChI=1S/C18H21N3/c1-2-3-12-21-17-13-8-4-6-10-15(13)19-18(21)14-9-5-7-11-16(14)20-17/h4-11,17-20H,2-3,12H2,1H3/t17-,18-/m1/s1. The van der Waals surface area contributed by atoms with E-state index in [1.165, 1.54) is 35.3 Å². The Kier molecular flexibility index (Phi) is 3.08. The van der Waals surface area contributed by atoms with Crippen LogP contribution in [-0.2, 0) is 0 Å². The average molecular weight is 279 g/mol. The van der Waals surface area contributed by atoms with Crippen LogP contribution in [0.25, 0.3) is 0 Å². The molecule has 21 heavy (non-hydrogen) atoms. The zero-order valence-corrected chi connectivity index (χ0v) is 12.3. The van der Waals surface area contributed by atoms with Crippen LogP contribution in [0.4, 0.5) is 11.4 Å². The van der Waals surface area contributed by atoms with Gasteiger partial charge in [-0.25, -0.2) is 0 Å². The van der Waals surface area contributed by atoms with Crippen LogP contribution in [0.5, 0.6) is 0 Å². The number of benzene rings is 2. The molecule has 0 fully saturated rings. The molecule has 2 aliphatic heterocycles. The molecule has 0 radical (unpaired) electrons. The van der Waals surface area contributed by atoms with Gasteiger partial charge < -0.3 is 10.6 Å². The van der Waals surface area contributed by atoms with Crippen molar-refractivity contribution in [1.82, 2.24) is 4.90 Å². The molecule has 0 aromatic heterocycles. The van der Waals surface area contributed by atoms with E-state index < -0.39 is 0 Å². The Labute approximate surface area is 126 Å². The molecule has 3 nitrogen and oxygen atoms in total. The zero-order valence-electron chi connectivity index (χ0n) is 12.3. The van der Waals surface area contributed by atoms with E-state index >= 15 is 0 Å². The molecule has 108 valence electrons. The number of fused-ring (bicyclic) bond motifs is 6. The third kappa shape index (κ3) is 2.00. The largest absolute Gasteiger partial charge is 0.365 e. The average Bonchev–Trinajstić information content (AvgIpc) is 2.53. The van der Waals surface area contributed by atoms with Crippen molar-refractivity contribution in [2.45, 2.75) is 32.1 Å². The summed E-state index contributed by atoms with van der Waals surface area (Å²) in [5, 5.41) is 7.46. The molecular weight excluding hydrogens is 258 g/mol. The number of hydrogen-bond donors (Lipinski definition) is 2. The molecular formula is C18H21N3. The molecule has 4 rings (SSSR count). The molecule has 0 unspecified atom stereocenters. The summed E-state index contributed by atoms with van der Waals surface area (Å²) in [5.41, 5.74) is 5.20. The fourth-order valence-corrected chi connectivity index (χ4v) is 3.45. The van der Waals surface area contributed by atoms with Gasteiger partial charge >= 0.3 is 0 Å².